The van der Waals surface area contributed by atoms with Crippen LogP contribution in [0.1, 0.15) is 18.4 Å². The molecule has 2 aromatic carbocycles. The fraction of sp³-hybridized carbons (Fsp3) is 0.240. The number of carbonyl (C=O) groups excluding carboxylic acids is 1. The highest BCUT2D eigenvalue weighted by Gasteiger charge is 2.28. The quantitative estimate of drug-likeness (QED) is 0.402. The van der Waals surface area contributed by atoms with Gasteiger partial charge in [-0.3, -0.25) is 4.79 Å². The third kappa shape index (κ3) is 4.58. The third-order valence-electron chi connectivity index (χ3n) is 6.06. The van der Waals surface area contributed by atoms with E-state index in [0.29, 0.717) is 18.1 Å². The lowest BCUT2D eigenvalue weighted by atomic mass is 9.97. The van der Waals surface area contributed by atoms with Crippen molar-refractivity contribution in [3.63, 3.8) is 0 Å². The van der Waals surface area contributed by atoms with Gasteiger partial charge < -0.3 is 10.2 Å². The molecule has 1 saturated heterocycles. The van der Waals surface area contributed by atoms with Gasteiger partial charge in [0.15, 0.2) is 5.82 Å². The first-order valence-corrected chi connectivity index (χ1v) is 11.8. The van der Waals surface area contributed by atoms with Crippen LogP contribution in [0, 0.1) is 11.7 Å². The van der Waals surface area contributed by atoms with E-state index in [1.54, 1.807) is 23.0 Å². The van der Waals surface area contributed by atoms with E-state index in [-0.39, 0.29) is 16.8 Å². The van der Waals surface area contributed by atoms with E-state index < -0.39 is 5.82 Å². The maximum absolute atomic E-state index is 13.4. The van der Waals surface area contributed by atoms with Crippen molar-refractivity contribution < 1.29 is 9.18 Å². The number of anilines is 1. The van der Waals surface area contributed by atoms with Crippen LogP contribution >= 0.6 is 23.2 Å². The zero-order valence-corrected chi connectivity index (χ0v) is 19.7. The van der Waals surface area contributed by atoms with Crippen LogP contribution in [0.25, 0.3) is 16.8 Å². The van der Waals surface area contributed by atoms with Gasteiger partial charge in [-0.15, -0.1) is 0 Å². The third-order valence-corrected chi connectivity index (χ3v) is 6.68. The van der Waals surface area contributed by atoms with Crippen molar-refractivity contribution in [3.05, 3.63) is 82.4 Å². The highest BCUT2D eigenvalue weighted by Crippen LogP contribution is 2.31. The molecule has 1 amide bonds. The molecule has 0 saturated carbocycles. The Hall–Kier alpha value is -3.16. The Balaban J connectivity index is 1.33. The summed E-state index contributed by atoms with van der Waals surface area (Å²) in [6.45, 7) is 1.65. The minimum absolute atomic E-state index is 0.0395. The summed E-state index contributed by atoms with van der Waals surface area (Å²) in [6.07, 6.45) is 5.18. The van der Waals surface area contributed by atoms with E-state index in [2.05, 4.69) is 20.3 Å². The van der Waals surface area contributed by atoms with E-state index in [1.807, 2.05) is 30.3 Å². The second-order valence-electron chi connectivity index (χ2n) is 8.34. The maximum Gasteiger partial charge on any atom is 0.225 e. The van der Waals surface area contributed by atoms with Crippen molar-refractivity contribution in [1.82, 2.24) is 19.9 Å². The largest absolute Gasteiger partial charge is 0.354 e. The Kier molecular flexibility index (Phi) is 6.39. The number of amides is 1. The average molecular weight is 498 g/mol. The van der Waals surface area contributed by atoms with Crippen molar-refractivity contribution >= 4 is 40.4 Å². The second-order valence-corrected chi connectivity index (χ2v) is 9.16. The van der Waals surface area contributed by atoms with Crippen molar-refractivity contribution in [2.75, 3.05) is 18.0 Å². The molecular weight excluding hydrogens is 476 g/mol. The topological polar surface area (TPSA) is 62.5 Å². The smallest absolute Gasteiger partial charge is 0.225 e. The minimum atomic E-state index is -0.473. The molecule has 2 aromatic heterocycles. The van der Waals surface area contributed by atoms with Gasteiger partial charge in [0, 0.05) is 37.6 Å². The lowest BCUT2D eigenvalue weighted by Gasteiger charge is -2.33. The summed E-state index contributed by atoms with van der Waals surface area (Å²) >= 11 is 12.2. The van der Waals surface area contributed by atoms with Crippen LogP contribution in [-0.2, 0) is 11.3 Å². The molecule has 9 heteroatoms. The number of rotatable bonds is 5. The fourth-order valence-electron chi connectivity index (χ4n) is 4.32. The molecule has 174 valence electrons. The van der Waals surface area contributed by atoms with Gasteiger partial charge in [-0.25, -0.2) is 13.9 Å². The number of piperidine rings is 1. The predicted octanol–water partition coefficient (Wildman–Crippen LogP) is 5.38. The Morgan fingerprint density at radius 1 is 1.15 bits per heavy atom. The number of hydrogen-bond donors (Lipinski definition) is 1. The molecule has 1 aliphatic heterocycles. The molecule has 34 heavy (non-hydrogen) atoms. The van der Waals surface area contributed by atoms with Gasteiger partial charge >= 0.3 is 0 Å². The number of hydrogen-bond acceptors (Lipinski definition) is 4. The molecule has 0 radical (unpaired) electrons. The standard InChI is InChI=1S/C25H22Cl2FN5O/c26-19-6-2-1-5-18(19)22-13-23-24(29-9-11-33(23)31-22)32-10-3-4-17(15-32)25(34)30-14-16-7-8-21(28)20(27)12-16/h1-2,5-9,11-13,17H,3-4,10,14-15H2,(H,30,34)/t17-/m0/s1. The van der Waals surface area contributed by atoms with E-state index in [1.165, 1.54) is 12.1 Å². The van der Waals surface area contributed by atoms with E-state index in [9.17, 15) is 9.18 Å². The predicted molar refractivity (Wildman–Crippen MR) is 132 cm³/mol. The molecule has 1 N–H and O–H groups in total. The van der Waals surface area contributed by atoms with Gasteiger partial charge in [0.05, 0.1) is 21.7 Å². The summed E-state index contributed by atoms with van der Waals surface area (Å²) < 4.78 is 15.2. The van der Waals surface area contributed by atoms with Crippen molar-refractivity contribution in [3.8, 4) is 11.3 Å². The lowest BCUT2D eigenvalue weighted by Crippen LogP contribution is -2.43. The van der Waals surface area contributed by atoms with E-state index in [0.717, 1.165) is 47.5 Å². The highest BCUT2D eigenvalue weighted by molar-refractivity contribution is 6.33. The SMILES string of the molecule is O=C(NCc1ccc(F)c(Cl)c1)[C@H]1CCCN(c2nccn3nc(-c4ccccc4Cl)cc23)C1. The number of carbonyl (C=O) groups is 1. The number of nitrogens with zero attached hydrogens (tertiary/aromatic N) is 4. The van der Waals surface area contributed by atoms with Crippen molar-refractivity contribution in [2.45, 2.75) is 19.4 Å². The van der Waals surface area contributed by atoms with Gasteiger partial charge in [-0.1, -0.05) is 47.5 Å². The number of halogens is 3. The van der Waals surface area contributed by atoms with Crippen LogP contribution < -0.4 is 10.2 Å². The van der Waals surface area contributed by atoms with Gasteiger partial charge in [0.1, 0.15) is 11.3 Å². The molecule has 6 nitrogen and oxygen atoms in total. The van der Waals surface area contributed by atoms with Gasteiger partial charge in [-0.2, -0.15) is 5.10 Å². The number of fused-ring (bicyclic) bond motifs is 1. The molecule has 0 aliphatic carbocycles. The zero-order valence-electron chi connectivity index (χ0n) is 18.2. The fourth-order valence-corrected chi connectivity index (χ4v) is 4.75. The summed E-state index contributed by atoms with van der Waals surface area (Å²) in [5.74, 6) is 0.0927. The van der Waals surface area contributed by atoms with Crippen LogP contribution in [0.15, 0.2) is 60.9 Å². The molecule has 0 unspecified atom stereocenters. The molecule has 1 atom stereocenters. The Labute approximate surface area is 206 Å². The normalized spacial score (nSPS) is 16.1. The van der Waals surface area contributed by atoms with Crippen LogP contribution in [-0.4, -0.2) is 33.6 Å². The molecule has 3 heterocycles. The first-order chi connectivity index (χ1) is 16.5. The number of benzene rings is 2. The Bertz CT molecular complexity index is 1360. The highest BCUT2D eigenvalue weighted by atomic mass is 35.5. The van der Waals surface area contributed by atoms with Crippen molar-refractivity contribution in [2.24, 2.45) is 5.92 Å². The molecule has 1 fully saturated rings. The molecule has 1 aliphatic rings. The summed E-state index contributed by atoms with van der Waals surface area (Å²) in [5.41, 5.74) is 3.24. The van der Waals surface area contributed by atoms with Gasteiger partial charge in [-0.05, 0) is 42.7 Å². The second kappa shape index (κ2) is 9.60. The van der Waals surface area contributed by atoms with Crippen LogP contribution in [0.5, 0.6) is 0 Å². The lowest BCUT2D eigenvalue weighted by molar-refractivity contribution is -0.125. The summed E-state index contributed by atoms with van der Waals surface area (Å²) in [4.78, 5) is 19.6. The van der Waals surface area contributed by atoms with Crippen LogP contribution in [0.2, 0.25) is 10.0 Å². The summed E-state index contributed by atoms with van der Waals surface area (Å²) in [6, 6.07) is 14.0. The summed E-state index contributed by atoms with van der Waals surface area (Å²) in [7, 11) is 0. The van der Waals surface area contributed by atoms with E-state index >= 15 is 0 Å². The minimum Gasteiger partial charge on any atom is -0.354 e. The van der Waals surface area contributed by atoms with Crippen LogP contribution in [0.4, 0.5) is 10.2 Å². The monoisotopic (exact) mass is 497 g/mol. The van der Waals surface area contributed by atoms with Gasteiger partial charge in [0.25, 0.3) is 0 Å². The number of nitrogens with one attached hydrogen (secondary N) is 1. The first kappa shape index (κ1) is 22.6. The molecule has 5 rings (SSSR count). The first-order valence-electron chi connectivity index (χ1n) is 11.1. The average Bonchev–Trinajstić information content (AvgIpc) is 3.29. The van der Waals surface area contributed by atoms with Crippen LogP contribution in [0.3, 0.4) is 0 Å². The van der Waals surface area contributed by atoms with Gasteiger partial charge in [0.2, 0.25) is 5.91 Å². The van der Waals surface area contributed by atoms with Crippen molar-refractivity contribution in [1.29, 1.82) is 0 Å². The maximum atomic E-state index is 13.4. The molecular formula is C25H22Cl2FN5O. The molecule has 0 spiro atoms. The zero-order chi connectivity index (χ0) is 23.7. The number of aromatic nitrogens is 3. The van der Waals surface area contributed by atoms with E-state index in [4.69, 9.17) is 23.2 Å². The summed E-state index contributed by atoms with van der Waals surface area (Å²) in [5, 5.41) is 8.32. The Morgan fingerprint density at radius 2 is 2.00 bits per heavy atom. The molecule has 0 bridgehead atoms. The molecule has 4 aromatic rings. The Morgan fingerprint density at radius 3 is 2.82 bits per heavy atom.